The number of nitrogens with one attached hydrogen (secondary N) is 1. The Balaban J connectivity index is 1.81. The van der Waals surface area contributed by atoms with Gasteiger partial charge in [-0.15, -0.1) is 11.8 Å². The number of hydrogen-bond acceptors (Lipinski definition) is 4. The van der Waals surface area contributed by atoms with E-state index >= 15 is 0 Å². The molecule has 1 N–H and O–H groups in total. The lowest BCUT2D eigenvalue weighted by atomic mass is 10.2. The summed E-state index contributed by atoms with van der Waals surface area (Å²) in [5, 5.41) is 2.83. The minimum Gasteiger partial charge on any atom is -0.322 e. The predicted molar refractivity (Wildman–Crippen MR) is 127 cm³/mol. The quantitative estimate of drug-likeness (QED) is 0.422. The van der Waals surface area contributed by atoms with Crippen molar-refractivity contribution < 1.29 is 13.2 Å². The van der Waals surface area contributed by atoms with Gasteiger partial charge in [0.05, 0.1) is 10.6 Å². The summed E-state index contributed by atoms with van der Waals surface area (Å²) in [6.45, 7) is 2.05. The largest absolute Gasteiger partial charge is 0.322 e. The van der Waals surface area contributed by atoms with Crippen LogP contribution < -0.4 is 9.62 Å². The zero-order chi connectivity index (χ0) is 21.7. The highest BCUT2D eigenvalue weighted by Crippen LogP contribution is 2.26. The molecule has 0 heterocycles. The van der Waals surface area contributed by atoms with Gasteiger partial charge in [0, 0.05) is 27.2 Å². The molecule has 1 amide bonds. The summed E-state index contributed by atoms with van der Waals surface area (Å²) in [5.74, 6) is -0.266. The molecule has 0 fully saturated rings. The maximum absolute atomic E-state index is 13.1. The van der Waals surface area contributed by atoms with Gasteiger partial charge in [0.25, 0.3) is 15.9 Å². The molecule has 30 heavy (non-hydrogen) atoms. The highest BCUT2D eigenvalue weighted by Gasteiger charge is 2.23. The molecular formula is C22H21BrN2O3S2. The molecule has 0 atom stereocenters. The van der Waals surface area contributed by atoms with Crippen LogP contribution in [-0.4, -0.2) is 27.1 Å². The number of carbonyl (C=O) groups is 1. The molecule has 0 aliphatic carbocycles. The third-order valence-corrected chi connectivity index (χ3v) is 7.59. The highest BCUT2D eigenvalue weighted by molar-refractivity contribution is 9.10. The Morgan fingerprint density at radius 3 is 2.27 bits per heavy atom. The summed E-state index contributed by atoms with van der Waals surface area (Å²) in [4.78, 5) is 13.7. The molecule has 3 rings (SSSR count). The summed E-state index contributed by atoms with van der Waals surface area (Å²) >= 11 is 4.93. The number of amides is 1. The number of rotatable bonds is 7. The summed E-state index contributed by atoms with van der Waals surface area (Å²) in [7, 11) is -3.70. The summed E-state index contributed by atoms with van der Waals surface area (Å²) in [5.41, 5.74) is 1.62. The number of benzene rings is 3. The van der Waals surface area contributed by atoms with Crippen molar-refractivity contribution in [3.8, 4) is 0 Å². The molecule has 3 aromatic rings. The van der Waals surface area contributed by atoms with Crippen molar-refractivity contribution in [2.75, 3.05) is 22.4 Å². The summed E-state index contributed by atoms with van der Waals surface area (Å²) in [6, 6.07) is 20.7. The number of halogens is 1. The van der Waals surface area contributed by atoms with Crippen molar-refractivity contribution in [1.29, 1.82) is 0 Å². The summed E-state index contributed by atoms with van der Waals surface area (Å²) in [6.07, 6.45) is 1.94. The Hall–Kier alpha value is -2.29. The first kappa shape index (κ1) is 22.4. The maximum atomic E-state index is 13.1. The van der Waals surface area contributed by atoms with Crippen LogP contribution in [0.15, 0.2) is 87.1 Å². The fourth-order valence-corrected chi connectivity index (χ4v) is 5.20. The van der Waals surface area contributed by atoms with Gasteiger partial charge in [-0.05, 0) is 79.9 Å². The van der Waals surface area contributed by atoms with Gasteiger partial charge in [-0.2, -0.15) is 0 Å². The van der Waals surface area contributed by atoms with Gasteiger partial charge in [0.2, 0.25) is 0 Å². The van der Waals surface area contributed by atoms with E-state index in [0.717, 1.165) is 9.37 Å². The number of carbonyl (C=O) groups excluding carboxylic acids is 1. The van der Waals surface area contributed by atoms with E-state index in [9.17, 15) is 13.2 Å². The Morgan fingerprint density at radius 1 is 1.03 bits per heavy atom. The molecule has 3 aromatic carbocycles. The second-order valence-electron chi connectivity index (χ2n) is 6.36. The van der Waals surface area contributed by atoms with Gasteiger partial charge in [0.15, 0.2) is 0 Å². The average Bonchev–Trinajstić information content (AvgIpc) is 2.74. The smallest absolute Gasteiger partial charge is 0.264 e. The molecule has 8 heteroatoms. The van der Waals surface area contributed by atoms with Crippen LogP contribution in [0.4, 0.5) is 11.4 Å². The van der Waals surface area contributed by atoms with Gasteiger partial charge in [-0.3, -0.25) is 9.10 Å². The second-order valence-corrected chi connectivity index (χ2v) is 10.0. The van der Waals surface area contributed by atoms with Crippen LogP contribution in [0.3, 0.4) is 0 Å². The molecular weight excluding hydrogens is 484 g/mol. The van der Waals surface area contributed by atoms with Crippen LogP contribution in [0.25, 0.3) is 0 Å². The standard InChI is InChI=1S/C22H21BrN2O3S2/c1-3-25(30(27,28)21-13-11-20(29-2)12-14-21)19-9-7-16(8-10-19)22(26)24-18-6-4-5-17(23)15-18/h4-15H,3H2,1-2H3,(H,24,26). The SMILES string of the molecule is CCN(c1ccc(C(=O)Nc2cccc(Br)c2)cc1)S(=O)(=O)c1ccc(SC)cc1. The molecule has 5 nitrogen and oxygen atoms in total. The molecule has 0 bridgehead atoms. The van der Waals surface area contributed by atoms with Crippen LogP contribution in [-0.2, 0) is 10.0 Å². The van der Waals surface area contributed by atoms with E-state index in [1.54, 1.807) is 79.3 Å². The van der Waals surface area contributed by atoms with Crippen LogP contribution >= 0.6 is 27.7 Å². The summed E-state index contributed by atoms with van der Waals surface area (Å²) < 4.78 is 28.4. The van der Waals surface area contributed by atoms with Crippen LogP contribution in [0.5, 0.6) is 0 Å². The van der Waals surface area contributed by atoms with Gasteiger partial charge in [-0.1, -0.05) is 22.0 Å². The molecule has 156 valence electrons. The Kier molecular flexibility index (Phi) is 7.23. The Morgan fingerprint density at radius 2 is 1.70 bits per heavy atom. The van der Waals surface area contributed by atoms with E-state index in [0.29, 0.717) is 16.9 Å². The molecule has 0 aliphatic heterocycles. The number of sulfonamides is 1. The lowest BCUT2D eigenvalue weighted by Crippen LogP contribution is -2.30. The van der Waals surface area contributed by atoms with E-state index < -0.39 is 10.0 Å². The third kappa shape index (κ3) is 5.06. The average molecular weight is 505 g/mol. The number of anilines is 2. The zero-order valence-electron chi connectivity index (χ0n) is 16.5. The maximum Gasteiger partial charge on any atom is 0.264 e. The van der Waals surface area contributed by atoms with Crippen LogP contribution in [0.2, 0.25) is 0 Å². The van der Waals surface area contributed by atoms with Crippen molar-refractivity contribution in [3.63, 3.8) is 0 Å². The Labute approximate surface area is 189 Å². The number of thioether (sulfide) groups is 1. The monoisotopic (exact) mass is 504 g/mol. The van der Waals surface area contributed by atoms with E-state index in [-0.39, 0.29) is 17.3 Å². The van der Waals surface area contributed by atoms with Crippen molar-refractivity contribution >= 4 is 55.0 Å². The van der Waals surface area contributed by atoms with Crippen molar-refractivity contribution in [2.45, 2.75) is 16.7 Å². The second kappa shape index (κ2) is 9.68. The highest BCUT2D eigenvalue weighted by atomic mass is 79.9. The topological polar surface area (TPSA) is 66.5 Å². The van der Waals surface area contributed by atoms with Crippen LogP contribution in [0.1, 0.15) is 17.3 Å². The molecule has 0 unspecified atom stereocenters. The van der Waals surface area contributed by atoms with Gasteiger partial charge >= 0.3 is 0 Å². The molecule has 0 spiro atoms. The predicted octanol–water partition coefficient (Wildman–Crippen LogP) is 5.64. The molecule has 0 saturated heterocycles. The lowest BCUT2D eigenvalue weighted by Gasteiger charge is -2.23. The first-order chi connectivity index (χ1) is 14.3. The van der Waals surface area contributed by atoms with Gasteiger partial charge in [0.1, 0.15) is 0 Å². The van der Waals surface area contributed by atoms with E-state index in [1.807, 2.05) is 18.4 Å². The van der Waals surface area contributed by atoms with Crippen molar-refractivity contribution in [1.82, 2.24) is 0 Å². The molecule has 0 radical (unpaired) electrons. The molecule has 0 aromatic heterocycles. The number of nitrogens with zero attached hydrogens (tertiary/aromatic N) is 1. The van der Waals surface area contributed by atoms with Gasteiger partial charge in [-0.25, -0.2) is 8.42 Å². The minimum atomic E-state index is -3.70. The lowest BCUT2D eigenvalue weighted by molar-refractivity contribution is 0.102. The minimum absolute atomic E-state index is 0.235. The molecule has 0 aliphatic rings. The van der Waals surface area contributed by atoms with E-state index in [1.165, 1.54) is 4.31 Å². The first-order valence-electron chi connectivity index (χ1n) is 9.19. The fourth-order valence-electron chi connectivity index (χ4n) is 2.91. The van der Waals surface area contributed by atoms with Crippen molar-refractivity contribution in [2.24, 2.45) is 0 Å². The number of hydrogen-bond donors (Lipinski definition) is 1. The zero-order valence-corrected chi connectivity index (χ0v) is 19.7. The van der Waals surface area contributed by atoms with E-state index in [2.05, 4.69) is 21.2 Å². The fraction of sp³-hybridized carbons (Fsp3) is 0.136. The van der Waals surface area contributed by atoms with Crippen LogP contribution in [0, 0.1) is 0 Å². The van der Waals surface area contributed by atoms with Gasteiger partial charge < -0.3 is 5.32 Å². The van der Waals surface area contributed by atoms with Crippen molar-refractivity contribution in [3.05, 3.63) is 82.8 Å². The van der Waals surface area contributed by atoms with E-state index in [4.69, 9.17) is 0 Å². The normalized spacial score (nSPS) is 11.2. The third-order valence-electron chi connectivity index (χ3n) is 4.43. The molecule has 0 saturated carbocycles. The first-order valence-corrected chi connectivity index (χ1v) is 12.6. The Bertz CT molecular complexity index is 1130.